The summed E-state index contributed by atoms with van der Waals surface area (Å²) in [5.41, 5.74) is 8.52. The van der Waals surface area contributed by atoms with Crippen molar-refractivity contribution in [3.8, 4) is 0 Å². The molecule has 8 nitrogen and oxygen atoms in total. The van der Waals surface area contributed by atoms with Crippen molar-refractivity contribution in [2.24, 2.45) is 5.11 Å². The Bertz CT molecular complexity index is 383. The first-order valence-electron chi connectivity index (χ1n) is 5.78. The Morgan fingerprint density at radius 2 is 2.32 bits per heavy atom. The first kappa shape index (κ1) is 15.5. The van der Waals surface area contributed by atoms with E-state index in [1.807, 2.05) is 0 Å². The molecule has 1 fully saturated rings. The van der Waals surface area contributed by atoms with Crippen molar-refractivity contribution >= 4 is 5.97 Å². The zero-order valence-corrected chi connectivity index (χ0v) is 10.8. The molecule has 106 valence electrons. The Kier molecular flexibility index (Phi) is 5.78. The molecule has 0 aliphatic carbocycles. The maximum absolute atomic E-state index is 11.1. The number of hydrogen-bond donors (Lipinski definition) is 1. The van der Waals surface area contributed by atoms with Gasteiger partial charge in [0.1, 0.15) is 12.1 Å². The summed E-state index contributed by atoms with van der Waals surface area (Å²) in [6.45, 7) is 6.56. The standard InChI is InChI=1S/C11H17N3O5/c1-4-5-17-10-8(13-14-12)11(16)18-6(2)9(10)19-7(3)15/h4,6,8-11,16H,1,5H2,2-3H3/t6?,8-,9+,10?,11+/m0/s1. The Morgan fingerprint density at radius 1 is 1.63 bits per heavy atom. The zero-order chi connectivity index (χ0) is 14.4. The van der Waals surface area contributed by atoms with Gasteiger partial charge < -0.3 is 19.3 Å². The van der Waals surface area contributed by atoms with Crippen molar-refractivity contribution in [2.75, 3.05) is 6.61 Å². The molecule has 1 aliphatic heterocycles. The highest BCUT2D eigenvalue weighted by Crippen LogP contribution is 2.27. The monoisotopic (exact) mass is 271 g/mol. The fourth-order valence-corrected chi connectivity index (χ4v) is 1.91. The summed E-state index contributed by atoms with van der Waals surface area (Å²) in [6.07, 6.45) is -1.95. The Morgan fingerprint density at radius 3 is 2.84 bits per heavy atom. The molecule has 5 atom stereocenters. The summed E-state index contributed by atoms with van der Waals surface area (Å²) in [6, 6.07) is -0.995. The maximum atomic E-state index is 11.1. The summed E-state index contributed by atoms with van der Waals surface area (Å²) in [7, 11) is 0. The number of carbonyl (C=O) groups excluding carboxylic acids is 1. The SMILES string of the molecule is C=CCOC1[C@H](OC(C)=O)C(C)O[C@@H](O)[C@H]1N=[N+]=[N-]. The molecule has 0 saturated carbocycles. The molecule has 1 saturated heterocycles. The van der Waals surface area contributed by atoms with Crippen molar-refractivity contribution < 1.29 is 24.1 Å². The number of hydrogen-bond acceptors (Lipinski definition) is 6. The van der Waals surface area contributed by atoms with Crippen LogP contribution in [0.15, 0.2) is 17.8 Å². The van der Waals surface area contributed by atoms with Crippen LogP contribution in [0.5, 0.6) is 0 Å². The van der Waals surface area contributed by atoms with Gasteiger partial charge in [0, 0.05) is 11.8 Å². The minimum absolute atomic E-state index is 0.166. The predicted molar refractivity (Wildman–Crippen MR) is 65.0 cm³/mol. The normalized spacial score (nSPS) is 34.2. The van der Waals surface area contributed by atoms with Gasteiger partial charge in [-0.25, -0.2) is 0 Å². The second kappa shape index (κ2) is 7.10. The topological polar surface area (TPSA) is 114 Å². The number of ether oxygens (including phenoxy) is 3. The number of nitrogens with zero attached hydrogens (tertiary/aromatic N) is 3. The van der Waals surface area contributed by atoms with Crippen LogP contribution in [0.3, 0.4) is 0 Å². The third kappa shape index (κ3) is 3.93. The first-order valence-corrected chi connectivity index (χ1v) is 5.78. The van der Waals surface area contributed by atoms with E-state index in [1.165, 1.54) is 13.0 Å². The van der Waals surface area contributed by atoms with Crippen LogP contribution in [0.2, 0.25) is 0 Å². The van der Waals surface area contributed by atoms with Gasteiger partial charge in [0.25, 0.3) is 0 Å². The number of carbonyl (C=O) groups is 1. The summed E-state index contributed by atoms with van der Waals surface area (Å²) in [5, 5.41) is 13.2. The van der Waals surface area contributed by atoms with Crippen LogP contribution in [-0.4, -0.2) is 48.3 Å². The van der Waals surface area contributed by atoms with E-state index >= 15 is 0 Å². The van der Waals surface area contributed by atoms with Crippen LogP contribution in [-0.2, 0) is 19.0 Å². The first-order chi connectivity index (χ1) is 9.01. The quantitative estimate of drug-likeness (QED) is 0.262. The van der Waals surface area contributed by atoms with Gasteiger partial charge in [0.2, 0.25) is 0 Å². The molecule has 0 amide bonds. The molecule has 0 radical (unpaired) electrons. The van der Waals surface area contributed by atoms with Crippen molar-refractivity contribution in [3.63, 3.8) is 0 Å². The van der Waals surface area contributed by atoms with E-state index in [0.717, 1.165) is 0 Å². The molecule has 1 heterocycles. The third-order valence-electron chi connectivity index (χ3n) is 2.66. The highest BCUT2D eigenvalue weighted by atomic mass is 16.6. The Labute approximate surface area is 110 Å². The van der Waals surface area contributed by atoms with Crippen LogP contribution < -0.4 is 0 Å². The summed E-state index contributed by atoms with van der Waals surface area (Å²) < 4.78 is 15.8. The average Bonchev–Trinajstić information content (AvgIpc) is 2.34. The molecule has 0 aromatic heterocycles. The molecular formula is C11H17N3O5. The molecule has 1 aliphatic rings. The molecule has 0 aromatic carbocycles. The summed E-state index contributed by atoms with van der Waals surface area (Å²) >= 11 is 0. The van der Waals surface area contributed by atoms with Crippen LogP contribution in [0, 0.1) is 0 Å². The van der Waals surface area contributed by atoms with E-state index in [9.17, 15) is 9.90 Å². The van der Waals surface area contributed by atoms with E-state index in [1.54, 1.807) is 6.92 Å². The number of aliphatic hydroxyl groups excluding tert-OH is 1. The minimum Gasteiger partial charge on any atom is -0.457 e. The van der Waals surface area contributed by atoms with Crippen molar-refractivity contribution in [2.45, 2.75) is 44.5 Å². The van der Waals surface area contributed by atoms with Gasteiger partial charge in [-0.2, -0.15) is 0 Å². The largest absolute Gasteiger partial charge is 0.457 e. The highest BCUT2D eigenvalue weighted by Gasteiger charge is 2.46. The second-order valence-electron chi connectivity index (χ2n) is 4.09. The van der Waals surface area contributed by atoms with E-state index < -0.39 is 36.6 Å². The fourth-order valence-electron chi connectivity index (χ4n) is 1.91. The number of azide groups is 1. The molecular weight excluding hydrogens is 254 g/mol. The van der Waals surface area contributed by atoms with Crippen molar-refractivity contribution in [1.82, 2.24) is 0 Å². The van der Waals surface area contributed by atoms with Gasteiger partial charge in [-0.05, 0) is 12.5 Å². The van der Waals surface area contributed by atoms with E-state index in [2.05, 4.69) is 16.6 Å². The van der Waals surface area contributed by atoms with Gasteiger partial charge in [0.05, 0.1) is 12.7 Å². The van der Waals surface area contributed by atoms with Crippen molar-refractivity contribution in [1.29, 1.82) is 0 Å². The lowest BCUT2D eigenvalue weighted by Gasteiger charge is -2.41. The Balaban J connectivity index is 2.97. The molecule has 0 spiro atoms. The Hall–Kier alpha value is -1.60. The average molecular weight is 271 g/mol. The number of esters is 1. The third-order valence-corrected chi connectivity index (χ3v) is 2.66. The number of rotatable bonds is 5. The van der Waals surface area contributed by atoms with Crippen LogP contribution in [0.1, 0.15) is 13.8 Å². The summed E-state index contributed by atoms with van der Waals surface area (Å²) in [5.74, 6) is -0.510. The lowest BCUT2D eigenvalue weighted by molar-refractivity contribution is -0.250. The predicted octanol–water partition coefficient (Wildman–Crippen LogP) is 0.905. The number of aliphatic hydroxyl groups is 1. The van der Waals surface area contributed by atoms with Crippen LogP contribution in [0.4, 0.5) is 0 Å². The van der Waals surface area contributed by atoms with E-state index in [0.29, 0.717) is 0 Å². The second-order valence-corrected chi connectivity index (χ2v) is 4.09. The van der Waals surface area contributed by atoms with E-state index in [-0.39, 0.29) is 6.61 Å². The molecule has 1 N–H and O–H groups in total. The van der Waals surface area contributed by atoms with Gasteiger partial charge >= 0.3 is 5.97 Å². The molecule has 8 heteroatoms. The zero-order valence-electron chi connectivity index (χ0n) is 10.8. The van der Waals surface area contributed by atoms with Gasteiger partial charge in [0.15, 0.2) is 12.4 Å². The van der Waals surface area contributed by atoms with Gasteiger partial charge in [-0.3, -0.25) is 4.79 Å². The van der Waals surface area contributed by atoms with Crippen molar-refractivity contribution in [3.05, 3.63) is 23.1 Å². The minimum atomic E-state index is -1.31. The van der Waals surface area contributed by atoms with Crippen LogP contribution in [0.25, 0.3) is 10.4 Å². The molecule has 19 heavy (non-hydrogen) atoms. The van der Waals surface area contributed by atoms with E-state index in [4.69, 9.17) is 19.7 Å². The maximum Gasteiger partial charge on any atom is 0.303 e. The molecule has 1 rings (SSSR count). The lowest BCUT2D eigenvalue weighted by atomic mass is 9.97. The van der Waals surface area contributed by atoms with Gasteiger partial charge in [-0.15, -0.1) is 6.58 Å². The smallest absolute Gasteiger partial charge is 0.303 e. The molecule has 2 unspecified atom stereocenters. The fraction of sp³-hybridized carbons (Fsp3) is 0.727. The molecule has 0 aromatic rings. The van der Waals surface area contributed by atoms with Gasteiger partial charge in [-0.1, -0.05) is 11.2 Å². The molecule has 0 bridgehead atoms. The highest BCUT2D eigenvalue weighted by molar-refractivity contribution is 5.66. The van der Waals surface area contributed by atoms with Crippen LogP contribution >= 0.6 is 0 Å². The summed E-state index contributed by atoms with van der Waals surface area (Å²) in [4.78, 5) is 13.7. The lowest BCUT2D eigenvalue weighted by Crippen LogP contribution is -2.58.